The summed E-state index contributed by atoms with van der Waals surface area (Å²) in [6, 6.07) is 13.0. The smallest absolute Gasteiger partial charge is 0.274 e. The molecule has 1 saturated heterocycles. The van der Waals surface area contributed by atoms with Gasteiger partial charge in [-0.25, -0.2) is 4.98 Å². The van der Waals surface area contributed by atoms with Crippen LogP contribution in [0, 0.1) is 0 Å². The number of nitrogens with zero attached hydrogens (tertiary/aromatic N) is 3. The van der Waals surface area contributed by atoms with Crippen LogP contribution in [0.15, 0.2) is 47.3 Å². The first-order valence-electron chi connectivity index (χ1n) is 9.91. The van der Waals surface area contributed by atoms with Gasteiger partial charge in [0.2, 0.25) is 0 Å². The summed E-state index contributed by atoms with van der Waals surface area (Å²) in [5.41, 5.74) is 3.84. The van der Waals surface area contributed by atoms with Crippen LogP contribution in [0.5, 0.6) is 0 Å². The second-order valence-corrected chi connectivity index (χ2v) is 7.44. The lowest BCUT2D eigenvalue weighted by Crippen LogP contribution is -2.41. The molecule has 0 saturated carbocycles. The third-order valence-electron chi connectivity index (χ3n) is 5.69. The van der Waals surface area contributed by atoms with Gasteiger partial charge in [-0.2, -0.15) is 0 Å². The van der Waals surface area contributed by atoms with Crippen molar-refractivity contribution in [1.29, 1.82) is 0 Å². The van der Waals surface area contributed by atoms with Crippen LogP contribution >= 0.6 is 0 Å². The van der Waals surface area contributed by atoms with Crippen molar-refractivity contribution in [3.63, 3.8) is 0 Å². The molecule has 0 spiro atoms. The van der Waals surface area contributed by atoms with Crippen LogP contribution < -0.4 is 5.56 Å². The van der Waals surface area contributed by atoms with E-state index in [1.165, 1.54) is 0 Å². The highest BCUT2D eigenvalue weighted by Crippen LogP contribution is 2.31. The topological polar surface area (TPSA) is 78.5 Å². The molecule has 2 aliphatic heterocycles. The summed E-state index contributed by atoms with van der Waals surface area (Å²) in [5, 5.41) is 0. The summed E-state index contributed by atoms with van der Waals surface area (Å²) in [6.07, 6.45) is 0. The van der Waals surface area contributed by atoms with Crippen LogP contribution in [-0.4, -0.2) is 65.1 Å². The van der Waals surface area contributed by atoms with E-state index < -0.39 is 0 Å². The second kappa shape index (κ2) is 7.42. The van der Waals surface area contributed by atoms with E-state index in [0.29, 0.717) is 29.9 Å². The lowest BCUT2D eigenvalue weighted by atomic mass is 10.0. The van der Waals surface area contributed by atoms with Crippen molar-refractivity contribution in [2.45, 2.75) is 6.54 Å². The van der Waals surface area contributed by atoms with Crippen LogP contribution in [0.4, 0.5) is 0 Å². The number of aromatic nitrogens is 2. The van der Waals surface area contributed by atoms with E-state index in [-0.39, 0.29) is 11.5 Å². The Labute approximate surface area is 167 Å². The number of para-hydroxylation sites is 2. The highest BCUT2D eigenvalue weighted by molar-refractivity contribution is 6.00. The minimum absolute atomic E-state index is 0.0207. The standard InChI is InChI=1S/C22H22N4O3/c27-21-20(23-18-6-1-2-7-19(18)24-21)15-4-3-5-16-17(15)14-26(22(16)28)9-8-25-10-12-29-13-11-25/h1-7H,8-14H2,(H,24,27). The minimum atomic E-state index is -0.240. The highest BCUT2D eigenvalue weighted by Gasteiger charge is 2.30. The van der Waals surface area contributed by atoms with Gasteiger partial charge in [0.15, 0.2) is 0 Å². The Hall–Kier alpha value is -3.03. The van der Waals surface area contributed by atoms with Gasteiger partial charge >= 0.3 is 0 Å². The Balaban J connectivity index is 1.45. The van der Waals surface area contributed by atoms with Gasteiger partial charge in [-0.05, 0) is 23.8 Å². The average Bonchev–Trinajstić information content (AvgIpc) is 3.08. The fourth-order valence-corrected chi connectivity index (χ4v) is 4.09. The van der Waals surface area contributed by atoms with Crippen LogP contribution in [0.3, 0.4) is 0 Å². The molecule has 1 fully saturated rings. The SMILES string of the molecule is O=C1c2cccc(-c3nc4ccccc4[nH]c3=O)c2CN1CCN1CCOCC1. The first kappa shape index (κ1) is 18.0. The maximum absolute atomic E-state index is 12.9. The van der Waals surface area contributed by atoms with Crippen molar-refractivity contribution in [3.8, 4) is 11.3 Å². The van der Waals surface area contributed by atoms with Gasteiger partial charge in [0, 0.05) is 43.9 Å². The van der Waals surface area contributed by atoms with Gasteiger partial charge < -0.3 is 14.6 Å². The normalized spacial score (nSPS) is 17.1. The summed E-state index contributed by atoms with van der Waals surface area (Å²) < 4.78 is 5.39. The highest BCUT2D eigenvalue weighted by atomic mass is 16.5. The zero-order chi connectivity index (χ0) is 19.8. The van der Waals surface area contributed by atoms with Gasteiger partial charge in [-0.15, -0.1) is 0 Å². The zero-order valence-electron chi connectivity index (χ0n) is 16.1. The monoisotopic (exact) mass is 390 g/mol. The fraction of sp³-hybridized carbons (Fsp3) is 0.318. The molecular formula is C22H22N4O3. The third-order valence-corrected chi connectivity index (χ3v) is 5.69. The maximum atomic E-state index is 12.9. The minimum Gasteiger partial charge on any atom is -0.379 e. The quantitative estimate of drug-likeness (QED) is 0.736. The second-order valence-electron chi connectivity index (χ2n) is 7.44. The summed E-state index contributed by atoms with van der Waals surface area (Å²) in [6.45, 7) is 5.28. The first-order chi connectivity index (χ1) is 14.2. The molecular weight excluding hydrogens is 368 g/mol. The zero-order valence-corrected chi connectivity index (χ0v) is 16.1. The lowest BCUT2D eigenvalue weighted by molar-refractivity contribution is 0.0328. The van der Waals surface area contributed by atoms with Crippen molar-refractivity contribution in [3.05, 3.63) is 63.9 Å². The lowest BCUT2D eigenvalue weighted by Gasteiger charge is -2.28. The Morgan fingerprint density at radius 2 is 1.76 bits per heavy atom. The average molecular weight is 390 g/mol. The first-order valence-corrected chi connectivity index (χ1v) is 9.91. The number of aromatic amines is 1. The summed E-state index contributed by atoms with van der Waals surface area (Å²) in [7, 11) is 0. The molecule has 0 radical (unpaired) electrons. The van der Waals surface area contributed by atoms with E-state index in [0.717, 1.165) is 49.5 Å². The number of carbonyl (C=O) groups excluding carboxylic acids is 1. The summed E-state index contributed by atoms with van der Waals surface area (Å²) in [4.78, 5) is 37.3. The van der Waals surface area contributed by atoms with E-state index in [1.54, 1.807) is 0 Å². The molecule has 0 bridgehead atoms. The molecule has 3 heterocycles. The van der Waals surface area contributed by atoms with Crippen molar-refractivity contribution >= 4 is 16.9 Å². The molecule has 1 N–H and O–H groups in total. The van der Waals surface area contributed by atoms with Gasteiger partial charge in [0.05, 0.1) is 24.2 Å². The van der Waals surface area contributed by atoms with E-state index in [9.17, 15) is 9.59 Å². The maximum Gasteiger partial charge on any atom is 0.274 e. The number of ether oxygens (including phenoxy) is 1. The molecule has 7 nitrogen and oxygen atoms in total. The van der Waals surface area contributed by atoms with Crippen molar-refractivity contribution in [2.24, 2.45) is 0 Å². The number of H-pyrrole nitrogens is 1. The molecule has 148 valence electrons. The fourth-order valence-electron chi connectivity index (χ4n) is 4.09. The van der Waals surface area contributed by atoms with Crippen molar-refractivity contribution < 1.29 is 9.53 Å². The van der Waals surface area contributed by atoms with Crippen molar-refractivity contribution in [1.82, 2.24) is 19.8 Å². The Kier molecular flexibility index (Phi) is 4.61. The third kappa shape index (κ3) is 3.32. The number of nitrogens with one attached hydrogen (secondary N) is 1. The molecule has 2 aromatic carbocycles. The Morgan fingerprint density at radius 1 is 0.966 bits per heavy atom. The van der Waals surface area contributed by atoms with Gasteiger partial charge in [-0.1, -0.05) is 24.3 Å². The molecule has 1 amide bonds. The van der Waals surface area contributed by atoms with Crippen LogP contribution in [0.2, 0.25) is 0 Å². The van der Waals surface area contributed by atoms with Crippen molar-refractivity contribution in [2.75, 3.05) is 39.4 Å². The van der Waals surface area contributed by atoms with Crippen LogP contribution in [-0.2, 0) is 11.3 Å². The Morgan fingerprint density at radius 3 is 2.62 bits per heavy atom. The molecule has 1 aromatic heterocycles. The van der Waals surface area contributed by atoms with Gasteiger partial charge in [0.25, 0.3) is 11.5 Å². The molecule has 7 heteroatoms. The number of hydrogen-bond acceptors (Lipinski definition) is 5. The number of benzene rings is 2. The summed E-state index contributed by atoms with van der Waals surface area (Å²) >= 11 is 0. The Bertz CT molecular complexity index is 1130. The van der Waals surface area contributed by atoms with Crippen LogP contribution in [0.25, 0.3) is 22.3 Å². The number of morpholine rings is 1. The molecule has 2 aliphatic rings. The predicted octanol–water partition coefficient (Wildman–Crippen LogP) is 1.88. The van der Waals surface area contributed by atoms with Gasteiger partial charge in [-0.3, -0.25) is 14.5 Å². The van der Waals surface area contributed by atoms with Crippen LogP contribution in [0.1, 0.15) is 15.9 Å². The molecule has 3 aromatic rings. The summed E-state index contributed by atoms with van der Waals surface area (Å²) in [5.74, 6) is 0.0207. The number of rotatable bonds is 4. The number of fused-ring (bicyclic) bond motifs is 2. The number of carbonyl (C=O) groups is 1. The van der Waals surface area contributed by atoms with Gasteiger partial charge in [0.1, 0.15) is 5.69 Å². The van der Waals surface area contributed by atoms with E-state index in [4.69, 9.17) is 4.74 Å². The van der Waals surface area contributed by atoms with E-state index >= 15 is 0 Å². The largest absolute Gasteiger partial charge is 0.379 e. The number of amides is 1. The predicted molar refractivity (Wildman–Crippen MR) is 110 cm³/mol. The van der Waals surface area contributed by atoms with E-state index in [2.05, 4.69) is 14.9 Å². The molecule has 29 heavy (non-hydrogen) atoms. The molecule has 0 aliphatic carbocycles. The molecule has 5 rings (SSSR count). The molecule has 0 atom stereocenters. The van der Waals surface area contributed by atoms with E-state index in [1.807, 2.05) is 47.4 Å². The molecule has 0 unspecified atom stereocenters. The number of hydrogen-bond donors (Lipinski definition) is 1.